The van der Waals surface area contributed by atoms with E-state index >= 15 is 0 Å². The molecule has 3 rings (SSSR count). The van der Waals surface area contributed by atoms with Crippen LogP contribution in [0.1, 0.15) is 10.4 Å². The number of aromatic nitrogens is 1. The summed E-state index contributed by atoms with van der Waals surface area (Å²) < 4.78 is 11.2. The zero-order chi connectivity index (χ0) is 13.4. The molecule has 0 saturated heterocycles. The van der Waals surface area contributed by atoms with Crippen LogP contribution in [0, 0.1) is 0 Å². The first-order chi connectivity index (χ1) is 9.19. The number of thiophene rings is 1. The van der Waals surface area contributed by atoms with Crippen molar-refractivity contribution in [2.24, 2.45) is 0 Å². The van der Waals surface area contributed by atoms with Gasteiger partial charge in [-0.2, -0.15) is 0 Å². The normalized spacial score (nSPS) is 10.8. The van der Waals surface area contributed by atoms with Gasteiger partial charge < -0.3 is 14.4 Å². The second-order valence-corrected chi connectivity index (χ2v) is 4.97. The quantitative estimate of drug-likeness (QED) is 0.794. The summed E-state index contributed by atoms with van der Waals surface area (Å²) in [5.41, 5.74) is 0.0681. The van der Waals surface area contributed by atoms with Crippen LogP contribution in [0.2, 0.25) is 0 Å². The highest BCUT2D eigenvalue weighted by molar-refractivity contribution is 7.22. The van der Waals surface area contributed by atoms with E-state index in [2.05, 4.69) is 5.16 Å². The fraction of sp³-hybridized carbons (Fsp3) is 0.0769. The van der Waals surface area contributed by atoms with E-state index in [1.807, 2.05) is 24.3 Å². The molecule has 0 radical (unpaired) electrons. The number of hydrogen-bond acceptors (Lipinski definition) is 5. The number of hydrogen-bond donors (Lipinski definition) is 1. The fourth-order valence-corrected chi connectivity index (χ4v) is 2.86. The summed E-state index contributed by atoms with van der Waals surface area (Å²) in [6.45, 7) is 0. The van der Waals surface area contributed by atoms with Crippen LogP contribution >= 0.6 is 11.3 Å². The third-order valence-electron chi connectivity index (χ3n) is 2.75. The summed E-state index contributed by atoms with van der Waals surface area (Å²) in [5.74, 6) is -0.00756. The zero-order valence-electron chi connectivity index (χ0n) is 9.91. The minimum atomic E-state index is -1.05. The molecule has 0 spiro atoms. The molecule has 0 bridgehead atoms. The molecular formula is C13H9NO4S. The van der Waals surface area contributed by atoms with Crippen molar-refractivity contribution in [2.45, 2.75) is 0 Å². The lowest BCUT2D eigenvalue weighted by atomic mass is 10.2. The van der Waals surface area contributed by atoms with Crippen molar-refractivity contribution in [3.05, 3.63) is 36.0 Å². The average molecular weight is 275 g/mol. The van der Waals surface area contributed by atoms with Gasteiger partial charge in [-0.25, -0.2) is 4.79 Å². The molecule has 0 amide bonds. The topological polar surface area (TPSA) is 72.6 Å². The molecule has 0 aliphatic heterocycles. The molecule has 1 aromatic carbocycles. The van der Waals surface area contributed by atoms with Gasteiger partial charge in [0.1, 0.15) is 11.3 Å². The monoisotopic (exact) mass is 275 g/mol. The highest BCUT2D eigenvalue weighted by Gasteiger charge is 2.18. The minimum Gasteiger partial charge on any atom is -0.497 e. The molecule has 96 valence electrons. The molecule has 3 aromatic rings. The molecule has 0 aliphatic carbocycles. The van der Waals surface area contributed by atoms with Gasteiger partial charge in [-0.1, -0.05) is 5.16 Å². The summed E-state index contributed by atoms with van der Waals surface area (Å²) >= 11 is 1.45. The van der Waals surface area contributed by atoms with Gasteiger partial charge in [0.25, 0.3) is 0 Å². The molecule has 0 aliphatic rings. The van der Waals surface area contributed by atoms with Gasteiger partial charge in [-0.3, -0.25) is 0 Å². The van der Waals surface area contributed by atoms with Crippen molar-refractivity contribution in [3.63, 3.8) is 0 Å². The first kappa shape index (κ1) is 11.7. The van der Waals surface area contributed by atoms with Crippen LogP contribution < -0.4 is 4.74 Å². The van der Waals surface area contributed by atoms with E-state index in [1.54, 1.807) is 7.11 Å². The average Bonchev–Trinajstić information content (AvgIpc) is 3.03. The van der Waals surface area contributed by atoms with Crippen LogP contribution in [-0.2, 0) is 0 Å². The van der Waals surface area contributed by atoms with Crippen molar-refractivity contribution >= 4 is 27.4 Å². The lowest BCUT2D eigenvalue weighted by Gasteiger charge is -1.97. The Labute approximate surface area is 112 Å². The standard InChI is InChI=1S/C13H9NO4S/c1-17-8-2-3-10-7(4-8)5-11(19-10)12-9(13(15)16)6-14-18-12/h2-6H,1H3,(H,15,16). The highest BCUT2D eigenvalue weighted by Crippen LogP contribution is 2.36. The van der Waals surface area contributed by atoms with Crippen LogP contribution in [0.25, 0.3) is 20.7 Å². The second-order valence-electron chi connectivity index (χ2n) is 3.89. The number of fused-ring (bicyclic) bond motifs is 1. The van der Waals surface area contributed by atoms with Gasteiger partial charge in [0, 0.05) is 4.70 Å². The summed E-state index contributed by atoms with van der Waals surface area (Å²) in [4.78, 5) is 11.8. The van der Waals surface area contributed by atoms with Crippen LogP contribution in [-0.4, -0.2) is 23.3 Å². The molecule has 0 atom stereocenters. The van der Waals surface area contributed by atoms with Gasteiger partial charge in [-0.15, -0.1) is 11.3 Å². The lowest BCUT2D eigenvalue weighted by molar-refractivity contribution is 0.0697. The number of aromatic carboxylic acids is 1. The Bertz CT molecular complexity index is 759. The number of rotatable bonds is 3. The number of carbonyl (C=O) groups is 1. The Morgan fingerprint density at radius 2 is 2.26 bits per heavy atom. The van der Waals surface area contributed by atoms with Gasteiger partial charge in [-0.05, 0) is 29.7 Å². The van der Waals surface area contributed by atoms with E-state index in [0.29, 0.717) is 0 Å². The number of nitrogens with zero attached hydrogens (tertiary/aromatic N) is 1. The SMILES string of the molecule is COc1ccc2sc(-c3oncc3C(=O)O)cc2c1. The Kier molecular flexibility index (Phi) is 2.72. The Morgan fingerprint density at radius 3 is 3.00 bits per heavy atom. The maximum Gasteiger partial charge on any atom is 0.341 e. The molecule has 2 heterocycles. The largest absolute Gasteiger partial charge is 0.497 e. The first-order valence-corrected chi connectivity index (χ1v) is 6.26. The molecule has 1 N–H and O–H groups in total. The van der Waals surface area contributed by atoms with E-state index in [9.17, 15) is 4.79 Å². The summed E-state index contributed by atoms with van der Waals surface area (Å²) in [7, 11) is 1.60. The second kappa shape index (κ2) is 4.40. The maximum absolute atomic E-state index is 11.1. The smallest absolute Gasteiger partial charge is 0.341 e. The van der Waals surface area contributed by atoms with Gasteiger partial charge in [0.15, 0.2) is 5.76 Å². The predicted molar refractivity (Wildman–Crippen MR) is 70.8 cm³/mol. The summed E-state index contributed by atoms with van der Waals surface area (Å²) in [5, 5.41) is 13.6. The Hall–Kier alpha value is -2.34. The van der Waals surface area contributed by atoms with Crippen LogP contribution in [0.4, 0.5) is 0 Å². The van der Waals surface area contributed by atoms with Crippen molar-refractivity contribution in [2.75, 3.05) is 7.11 Å². The van der Waals surface area contributed by atoms with Gasteiger partial charge in [0.2, 0.25) is 0 Å². The number of methoxy groups -OCH3 is 1. The highest BCUT2D eigenvalue weighted by atomic mass is 32.1. The third-order valence-corrected chi connectivity index (χ3v) is 3.86. The number of benzene rings is 1. The number of carboxylic acids is 1. The fourth-order valence-electron chi connectivity index (χ4n) is 1.83. The van der Waals surface area contributed by atoms with Crippen molar-refractivity contribution in [1.82, 2.24) is 5.16 Å². The van der Waals surface area contributed by atoms with E-state index in [-0.39, 0.29) is 11.3 Å². The first-order valence-electron chi connectivity index (χ1n) is 5.45. The number of ether oxygens (including phenoxy) is 1. The summed E-state index contributed by atoms with van der Waals surface area (Å²) in [6.07, 6.45) is 1.21. The lowest BCUT2D eigenvalue weighted by Crippen LogP contribution is -1.94. The Morgan fingerprint density at radius 1 is 1.42 bits per heavy atom. The van der Waals surface area contributed by atoms with E-state index in [4.69, 9.17) is 14.4 Å². The summed E-state index contributed by atoms with van der Waals surface area (Å²) in [6, 6.07) is 7.56. The number of carboxylic acid groups (broad SMARTS) is 1. The van der Waals surface area contributed by atoms with E-state index in [0.717, 1.165) is 20.7 Å². The zero-order valence-corrected chi connectivity index (χ0v) is 10.7. The molecule has 2 aromatic heterocycles. The molecule has 0 saturated carbocycles. The van der Waals surface area contributed by atoms with Crippen molar-refractivity contribution < 1.29 is 19.2 Å². The molecule has 19 heavy (non-hydrogen) atoms. The minimum absolute atomic E-state index is 0.0681. The molecular weight excluding hydrogens is 266 g/mol. The molecule has 0 fully saturated rings. The molecule has 0 unspecified atom stereocenters. The van der Waals surface area contributed by atoms with E-state index < -0.39 is 5.97 Å². The third kappa shape index (κ3) is 1.96. The van der Waals surface area contributed by atoms with Crippen molar-refractivity contribution in [1.29, 1.82) is 0 Å². The molecule has 6 heteroatoms. The van der Waals surface area contributed by atoms with Gasteiger partial charge >= 0.3 is 5.97 Å². The van der Waals surface area contributed by atoms with Gasteiger partial charge in [0.05, 0.1) is 18.2 Å². The Balaban J connectivity index is 2.15. The van der Waals surface area contributed by atoms with Crippen molar-refractivity contribution in [3.8, 4) is 16.4 Å². The maximum atomic E-state index is 11.1. The molecule has 5 nitrogen and oxygen atoms in total. The van der Waals surface area contributed by atoms with Crippen LogP contribution in [0.3, 0.4) is 0 Å². The van der Waals surface area contributed by atoms with Crippen LogP contribution in [0.15, 0.2) is 35.0 Å². The van der Waals surface area contributed by atoms with E-state index in [1.165, 1.54) is 17.5 Å². The predicted octanol–water partition coefficient (Wildman–Crippen LogP) is 3.26. The van der Waals surface area contributed by atoms with Crippen LogP contribution in [0.5, 0.6) is 5.75 Å².